The monoisotopic (exact) mass is 261 g/mol. The van der Waals surface area contributed by atoms with Crippen LogP contribution in [0, 0.1) is 13.8 Å². The number of likely N-dealkylation sites (tertiary alicyclic amines) is 1. The Morgan fingerprint density at radius 3 is 1.95 bits per heavy atom. The van der Waals surface area contributed by atoms with Gasteiger partial charge in [0.15, 0.2) is 0 Å². The molecule has 2 heterocycles. The first kappa shape index (κ1) is 14.4. The lowest BCUT2D eigenvalue weighted by Crippen LogP contribution is -2.30. The first-order valence-electron chi connectivity index (χ1n) is 7.45. The Bertz CT molecular complexity index is 417. The molecule has 1 aromatic heterocycles. The van der Waals surface area contributed by atoms with Gasteiger partial charge in [-0.15, -0.1) is 0 Å². The second-order valence-corrected chi connectivity index (χ2v) is 6.77. The van der Waals surface area contributed by atoms with Crippen molar-refractivity contribution in [1.29, 1.82) is 0 Å². The van der Waals surface area contributed by atoms with E-state index in [1.54, 1.807) is 0 Å². The van der Waals surface area contributed by atoms with Crippen LogP contribution in [0.25, 0.3) is 0 Å². The fraction of sp³-hybridized carbons (Fsp3) is 0.750. The zero-order valence-electron chi connectivity index (χ0n) is 13.1. The van der Waals surface area contributed by atoms with Crippen molar-refractivity contribution in [2.45, 2.75) is 65.8 Å². The summed E-state index contributed by atoms with van der Waals surface area (Å²) in [5.41, 5.74) is 3.71. The number of aromatic nitrogens is 2. The molecular weight excluding hydrogens is 234 g/mol. The third kappa shape index (κ3) is 3.53. The largest absolute Gasteiger partial charge is 0.296 e. The predicted octanol–water partition coefficient (Wildman–Crippen LogP) is 3.38. The first-order valence-corrected chi connectivity index (χ1v) is 7.45. The molecule has 0 unspecified atom stereocenters. The van der Waals surface area contributed by atoms with Gasteiger partial charge in [0.2, 0.25) is 0 Å². The maximum absolute atomic E-state index is 4.74. The smallest absolute Gasteiger partial charge is 0.142 e. The van der Waals surface area contributed by atoms with Crippen LogP contribution in [-0.4, -0.2) is 28.0 Å². The maximum Gasteiger partial charge on any atom is 0.142 e. The summed E-state index contributed by atoms with van der Waals surface area (Å²) < 4.78 is 0. The highest BCUT2D eigenvalue weighted by molar-refractivity contribution is 5.31. The van der Waals surface area contributed by atoms with Crippen LogP contribution in [-0.2, 0) is 12.0 Å². The van der Waals surface area contributed by atoms with Gasteiger partial charge in [0, 0.05) is 17.0 Å². The number of aryl methyl sites for hydroxylation is 2. The summed E-state index contributed by atoms with van der Waals surface area (Å²) in [5.74, 6) is 0.991. The summed E-state index contributed by atoms with van der Waals surface area (Å²) in [6.07, 6.45) is 4.01. The minimum atomic E-state index is 0.123. The predicted molar refractivity (Wildman–Crippen MR) is 79.3 cm³/mol. The molecule has 2 rings (SSSR count). The topological polar surface area (TPSA) is 29.0 Å². The summed E-state index contributed by atoms with van der Waals surface area (Å²) in [6.45, 7) is 14.2. The van der Waals surface area contributed by atoms with Crippen molar-refractivity contribution in [3.05, 3.63) is 22.8 Å². The Labute approximate surface area is 117 Å². The van der Waals surface area contributed by atoms with Crippen LogP contribution in [0.5, 0.6) is 0 Å². The molecule has 0 aliphatic carbocycles. The van der Waals surface area contributed by atoms with Crippen molar-refractivity contribution in [1.82, 2.24) is 14.9 Å². The van der Waals surface area contributed by atoms with Gasteiger partial charge in [0.05, 0.1) is 6.54 Å². The molecule has 0 saturated carbocycles. The number of hydrogen-bond acceptors (Lipinski definition) is 3. The quantitative estimate of drug-likeness (QED) is 0.817. The third-order valence-corrected chi connectivity index (χ3v) is 3.88. The van der Waals surface area contributed by atoms with E-state index < -0.39 is 0 Å². The van der Waals surface area contributed by atoms with Crippen LogP contribution in [0.3, 0.4) is 0 Å². The van der Waals surface area contributed by atoms with E-state index in [9.17, 15) is 0 Å². The zero-order valence-corrected chi connectivity index (χ0v) is 13.1. The van der Waals surface area contributed by atoms with Crippen LogP contribution < -0.4 is 0 Å². The van der Waals surface area contributed by atoms with E-state index in [2.05, 4.69) is 39.5 Å². The van der Waals surface area contributed by atoms with Crippen molar-refractivity contribution in [2.75, 3.05) is 13.1 Å². The van der Waals surface area contributed by atoms with Gasteiger partial charge in [-0.2, -0.15) is 0 Å². The van der Waals surface area contributed by atoms with Crippen LogP contribution in [0.15, 0.2) is 0 Å². The van der Waals surface area contributed by atoms with Crippen molar-refractivity contribution in [3.8, 4) is 0 Å². The van der Waals surface area contributed by atoms with Gasteiger partial charge in [-0.1, -0.05) is 27.2 Å². The van der Waals surface area contributed by atoms with E-state index in [1.807, 2.05) is 0 Å². The van der Waals surface area contributed by atoms with E-state index in [1.165, 1.54) is 37.9 Å². The highest BCUT2D eigenvalue weighted by Gasteiger charge is 2.22. The fourth-order valence-corrected chi connectivity index (χ4v) is 3.26. The Morgan fingerprint density at radius 2 is 1.47 bits per heavy atom. The lowest BCUT2D eigenvalue weighted by atomic mass is 9.85. The number of piperidine rings is 1. The highest BCUT2D eigenvalue weighted by Crippen LogP contribution is 2.27. The van der Waals surface area contributed by atoms with Crippen LogP contribution in [0.2, 0.25) is 0 Å². The average Bonchev–Trinajstić information content (AvgIpc) is 2.27. The SMILES string of the molecule is Cc1nc(CN2CCCCC2)nc(C)c1C(C)(C)C. The van der Waals surface area contributed by atoms with Crippen molar-refractivity contribution in [2.24, 2.45) is 0 Å². The first-order chi connectivity index (χ1) is 8.88. The van der Waals surface area contributed by atoms with Gasteiger partial charge >= 0.3 is 0 Å². The number of hydrogen-bond donors (Lipinski definition) is 0. The van der Waals surface area contributed by atoms with Crippen LogP contribution in [0.1, 0.15) is 62.8 Å². The summed E-state index contributed by atoms with van der Waals surface area (Å²) in [4.78, 5) is 12.0. The minimum absolute atomic E-state index is 0.123. The molecule has 1 aromatic rings. The van der Waals surface area contributed by atoms with Crippen LogP contribution in [0.4, 0.5) is 0 Å². The molecule has 0 spiro atoms. The fourth-order valence-electron chi connectivity index (χ4n) is 3.26. The molecule has 1 saturated heterocycles. The van der Waals surface area contributed by atoms with E-state index >= 15 is 0 Å². The van der Waals surface area contributed by atoms with Gasteiger partial charge in [-0.25, -0.2) is 9.97 Å². The molecule has 19 heavy (non-hydrogen) atoms. The van der Waals surface area contributed by atoms with Gasteiger partial charge in [-0.05, 0) is 45.2 Å². The third-order valence-electron chi connectivity index (χ3n) is 3.88. The van der Waals surface area contributed by atoms with Gasteiger partial charge < -0.3 is 0 Å². The van der Waals surface area contributed by atoms with Crippen molar-refractivity contribution < 1.29 is 0 Å². The van der Waals surface area contributed by atoms with E-state index in [0.717, 1.165) is 23.8 Å². The second kappa shape index (κ2) is 5.58. The number of nitrogens with zero attached hydrogens (tertiary/aromatic N) is 3. The van der Waals surface area contributed by atoms with E-state index in [0.29, 0.717) is 0 Å². The Hall–Kier alpha value is -0.960. The molecule has 3 heteroatoms. The molecule has 0 N–H and O–H groups in total. The standard InChI is InChI=1S/C16H27N3/c1-12-15(16(3,4)5)13(2)18-14(17-12)11-19-9-7-6-8-10-19/h6-11H2,1-5H3. The highest BCUT2D eigenvalue weighted by atomic mass is 15.1. The molecule has 1 aliphatic heterocycles. The molecule has 0 radical (unpaired) electrons. The summed E-state index contributed by atoms with van der Waals surface area (Å²) in [7, 11) is 0. The van der Waals surface area contributed by atoms with Gasteiger partial charge in [0.25, 0.3) is 0 Å². The molecule has 0 atom stereocenters. The lowest BCUT2D eigenvalue weighted by molar-refractivity contribution is 0.215. The summed E-state index contributed by atoms with van der Waals surface area (Å²) >= 11 is 0. The molecule has 3 nitrogen and oxygen atoms in total. The van der Waals surface area contributed by atoms with Crippen LogP contribution >= 0.6 is 0 Å². The second-order valence-electron chi connectivity index (χ2n) is 6.77. The number of rotatable bonds is 2. The van der Waals surface area contributed by atoms with E-state index in [-0.39, 0.29) is 5.41 Å². The Kier molecular flexibility index (Phi) is 4.24. The Morgan fingerprint density at radius 1 is 0.947 bits per heavy atom. The molecule has 0 bridgehead atoms. The average molecular weight is 261 g/mol. The lowest BCUT2D eigenvalue weighted by Gasteiger charge is -2.27. The maximum atomic E-state index is 4.74. The van der Waals surface area contributed by atoms with Gasteiger partial charge in [0.1, 0.15) is 5.82 Å². The molecule has 106 valence electrons. The molecule has 1 aliphatic rings. The molecular formula is C16H27N3. The Balaban J connectivity index is 2.19. The summed E-state index contributed by atoms with van der Waals surface area (Å²) in [6, 6.07) is 0. The zero-order chi connectivity index (χ0) is 14.0. The minimum Gasteiger partial charge on any atom is -0.296 e. The van der Waals surface area contributed by atoms with Crippen molar-refractivity contribution >= 4 is 0 Å². The summed E-state index contributed by atoms with van der Waals surface area (Å²) in [5, 5.41) is 0. The molecule has 1 fully saturated rings. The normalized spacial score (nSPS) is 17.7. The molecule has 0 amide bonds. The van der Waals surface area contributed by atoms with E-state index in [4.69, 9.17) is 9.97 Å². The van der Waals surface area contributed by atoms with Gasteiger partial charge in [-0.3, -0.25) is 4.90 Å². The van der Waals surface area contributed by atoms with Crippen molar-refractivity contribution in [3.63, 3.8) is 0 Å². The molecule has 0 aromatic carbocycles.